The molecular formula is C45H29NO. The summed E-state index contributed by atoms with van der Waals surface area (Å²) in [5.74, 6) is 0. The lowest BCUT2D eigenvalue weighted by Gasteiger charge is -2.12. The molecule has 0 aliphatic carbocycles. The van der Waals surface area contributed by atoms with Crippen molar-refractivity contribution in [3.05, 3.63) is 176 Å². The molecule has 0 atom stereocenters. The highest BCUT2D eigenvalue weighted by Gasteiger charge is 2.13. The van der Waals surface area contributed by atoms with Crippen molar-refractivity contribution in [3.8, 4) is 55.9 Å². The van der Waals surface area contributed by atoms with E-state index in [2.05, 4.69) is 170 Å². The molecule has 2 nitrogen and oxygen atoms in total. The van der Waals surface area contributed by atoms with Gasteiger partial charge in [0.25, 0.3) is 0 Å². The van der Waals surface area contributed by atoms with Crippen LogP contribution in [0.1, 0.15) is 0 Å². The third-order valence-electron chi connectivity index (χ3n) is 9.07. The molecule has 0 spiro atoms. The molecule has 47 heavy (non-hydrogen) atoms. The maximum absolute atomic E-state index is 6.25. The zero-order valence-electron chi connectivity index (χ0n) is 25.6. The Morgan fingerprint density at radius 3 is 1.66 bits per heavy atom. The van der Waals surface area contributed by atoms with Crippen molar-refractivity contribution in [3.63, 3.8) is 0 Å². The summed E-state index contributed by atoms with van der Waals surface area (Å²) in [5, 5.41) is 4.75. The maximum Gasteiger partial charge on any atom is 0.136 e. The number of furan rings is 1. The lowest BCUT2D eigenvalue weighted by Crippen LogP contribution is -1.92. The zero-order valence-corrected chi connectivity index (χ0v) is 25.6. The largest absolute Gasteiger partial charge is 0.456 e. The molecule has 0 saturated heterocycles. The van der Waals surface area contributed by atoms with Crippen molar-refractivity contribution in [1.29, 1.82) is 0 Å². The van der Waals surface area contributed by atoms with Gasteiger partial charge in [0.2, 0.25) is 0 Å². The molecule has 0 fully saturated rings. The standard InChI is InChI=1S/C45H29NO/c1-3-10-30(11-4-1)35-15-9-16-37(26-35)42-29-38(28-41(46-42)34-13-5-2-6-14-34)32-20-18-31(19-21-32)36-23-24-43-40(27-36)45-39-17-8-7-12-33(39)22-25-44(45)47-43/h1-29H. The van der Waals surface area contributed by atoms with Crippen LogP contribution in [0.5, 0.6) is 0 Å². The minimum atomic E-state index is 0.908. The molecule has 0 radical (unpaired) electrons. The van der Waals surface area contributed by atoms with E-state index in [4.69, 9.17) is 9.40 Å². The van der Waals surface area contributed by atoms with Gasteiger partial charge in [-0.1, -0.05) is 140 Å². The molecule has 0 saturated carbocycles. The zero-order chi connectivity index (χ0) is 31.2. The van der Waals surface area contributed by atoms with E-state index < -0.39 is 0 Å². The molecule has 0 aliphatic rings. The summed E-state index contributed by atoms with van der Waals surface area (Å²) in [5.41, 5.74) is 12.9. The van der Waals surface area contributed by atoms with Gasteiger partial charge in [0.1, 0.15) is 11.2 Å². The van der Waals surface area contributed by atoms with Crippen LogP contribution in [-0.4, -0.2) is 4.98 Å². The fourth-order valence-electron chi connectivity index (χ4n) is 6.67. The first kappa shape index (κ1) is 27.1. The Kier molecular flexibility index (Phi) is 6.50. The molecule has 2 aromatic heterocycles. The van der Waals surface area contributed by atoms with Gasteiger partial charge in [-0.05, 0) is 80.6 Å². The van der Waals surface area contributed by atoms with Crippen LogP contribution in [0.25, 0.3) is 88.6 Å². The monoisotopic (exact) mass is 599 g/mol. The van der Waals surface area contributed by atoms with E-state index in [9.17, 15) is 0 Å². The summed E-state index contributed by atoms with van der Waals surface area (Å²) in [6.07, 6.45) is 0. The van der Waals surface area contributed by atoms with E-state index in [0.717, 1.165) is 55.8 Å². The lowest BCUT2D eigenvalue weighted by molar-refractivity contribution is 0.669. The lowest BCUT2D eigenvalue weighted by atomic mass is 9.96. The normalized spacial score (nSPS) is 11.4. The predicted molar refractivity (Wildman–Crippen MR) is 196 cm³/mol. The van der Waals surface area contributed by atoms with Gasteiger partial charge in [0, 0.05) is 21.9 Å². The molecule has 0 N–H and O–H groups in total. The summed E-state index contributed by atoms with van der Waals surface area (Å²) in [6.45, 7) is 0. The molecule has 2 heteroatoms. The molecule has 7 aromatic carbocycles. The van der Waals surface area contributed by atoms with Crippen LogP contribution < -0.4 is 0 Å². The first-order valence-electron chi connectivity index (χ1n) is 16.0. The van der Waals surface area contributed by atoms with Crippen LogP contribution in [0.15, 0.2) is 180 Å². The number of hydrogen-bond donors (Lipinski definition) is 0. The maximum atomic E-state index is 6.25. The van der Waals surface area contributed by atoms with Crippen molar-refractivity contribution in [1.82, 2.24) is 4.98 Å². The van der Waals surface area contributed by atoms with Crippen molar-refractivity contribution >= 4 is 32.7 Å². The van der Waals surface area contributed by atoms with Gasteiger partial charge in [0.05, 0.1) is 11.4 Å². The smallest absolute Gasteiger partial charge is 0.136 e. The van der Waals surface area contributed by atoms with Crippen LogP contribution >= 0.6 is 0 Å². The topological polar surface area (TPSA) is 26.0 Å². The second kappa shape index (κ2) is 11.3. The van der Waals surface area contributed by atoms with Crippen LogP contribution in [0.2, 0.25) is 0 Å². The second-order valence-corrected chi connectivity index (χ2v) is 12.0. The number of pyridine rings is 1. The molecule has 0 bridgehead atoms. The number of nitrogens with zero attached hydrogens (tertiary/aromatic N) is 1. The molecule has 0 unspecified atom stereocenters. The number of benzene rings is 7. The number of fused-ring (bicyclic) bond motifs is 5. The van der Waals surface area contributed by atoms with E-state index in [1.54, 1.807) is 0 Å². The molecule has 0 amide bonds. The van der Waals surface area contributed by atoms with Crippen LogP contribution in [0, 0.1) is 0 Å². The van der Waals surface area contributed by atoms with Crippen molar-refractivity contribution < 1.29 is 4.42 Å². The van der Waals surface area contributed by atoms with Crippen LogP contribution in [-0.2, 0) is 0 Å². The van der Waals surface area contributed by atoms with Crippen molar-refractivity contribution in [2.24, 2.45) is 0 Å². The second-order valence-electron chi connectivity index (χ2n) is 12.0. The third kappa shape index (κ3) is 4.97. The number of hydrogen-bond acceptors (Lipinski definition) is 2. The average Bonchev–Trinajstić information content (AvgIpc) is 3.54. The minimum Gasteiger partial charge on any atom is -0.456 e. The van der Waals surface area contributed by atoms with Gasteiger partial charge >= 0.3 is 0 Å². The highest BCUT2D eigenvalue weighted by atomic mass is 16.3. The molecule has 9 aromatic rings. The van der Waals surface area contributed by atoms with Gasteiger partial charge in [-0.3, -0.25) is 0 Å². The Labute approximate surface area is 273 Å². The molecule has 220 valence electrons. The molecule has 9 rings (SSSR count). The Hall–Kier alpha value is -6.25. The van der Waals surface area contributed by atoms with Gasteiger partial charge in [-0.25, -0.2) is 4.98 Å². The number of rotatable bonds is 5. The van der Waals surface area contributed by atoms with Gasteiger partial charge in [-0.2, -0.15) is 0 Å². The van der Waals surface area contributed by atoms with E-state index in [1.165, 1.54) is 32.8 Å². The van der Waals surface area contributed by atoms with Crippen LogP contribution in [0.4, 0.5) is 0 Å². The Balaban J connectivity index is 1.13. The first-order valence-corrected chi connectivity index (χ1v) is 16.0. The van der Waals surface area contributed by atoms with E-state index in [1.807, 2.05) is 6.07 Å². The average molecular weight is 600 g/mol. The Morgan fingerprint density at radius 2 is 0.872 bits per heavy atom. The van der Waals surface area contributed by atoms with Gasteiger partial charge in [0.15, 0.2) is 0 Å². The quantitative estimate of drug-likeness (QED) is 0.197. The number of aromatic nitrogens is 1. The fraction of sp³-hybridized carbons (Fsp3) is 0. The first-order chi connectivity index (χ1) is 23.3. The summed E-state index contributed by atoms with van der Waals surface area (Å²) < 4.78 is 6.25. The molecular weight excluding hydrogens is 571 g/mol. The van der Waals surface area contributed by atoms with E-state index >= 15 is 0 Å². The van der Waals surface area contributed by atoms with E-state index in [0.29, 0.717) is 0 Å². The fourth-order valence-corrected chi connectivity index (χ4v) is 6.67. The Bertz CT molecular complexity index is 2550. The third-order valence-corrected chi connectivity index (χ3v) is 9.07. The highest BCUT2D eigenvalue weighted by molar-refractivity contribution is 6.19. The minimum absolute atomic E-state index is 0.908. The van der Waals surface area contributed by atoms with Crippen LogP contribution in [0.3, 0.4) is 0 Å². The van der Waals surface area contributed by atoms with Gasteiger partial charge in [-0.15, -0.1) is 0 Å². The molecule has 2 heterocycles. The van der Waals surface area contributed by atoms with E-state index in [-0.39, 0.29) is 0 Å². The SMILES string of the molecule is c1ccc(-c2cccc(-c3cc(-c4ccc(-c5ccc6oc7ccc8ccccc8c7c6c5)cc4)cc(-c4ccccc4)n3)c2)cc1. The summed E-state index contributed by atoms with van der Waals surface area (Å²) in [7, 11) is 0. The van der Waals surface area contributed by atoms with Crippen molar-refractivity contribution in [2.75, 3.05) is 0 Å². The Morgan fingerprint density at radius 1 is 0.319 bits per heavy atom. The van der Waals surface area contributed by atoms with Gasteiger partial charge < -0.3 is 4.42 Å². The van der Waals surface area contributed by atoms with Crippen molar-refractivity contribution in [2.45, 2.75) is 0 Å². The molecule has 0 aliphatic heterocycles. The summed E-state index contributed by atoms with van der Waals surface area (Å²) >= 11 is 0. The summed E-state index contributed by atoms with van der Waals surface area (Å²) in [4.78, 5) is 5.16. The highest BCUT2D eigenvalue weighted by Crippen LogP contribution is 2.38. The predicted octanol–water partition coefficient (Wildman–Crippen LogP) is 12.5. The summed E-state index contributed by atoms with van der Waals surface area (Å²) in [6, 6.07) is 62.1.